The molecule has 1 aromatic carbocycles. The zero-order valence-electron chi connectivity index (χ0n) is 14.0. The molecule has 2 N–H and O–H groups in total. The van der Waals surface area contributed by atoms with Gasteiger partial charge in [-0.3, -0.25) is 14.2 Å². The molecule has 0 unspecified atom stereocenters. The molecule has 1 aromatic heterocycles. The van der Waals surface area contributed by atoms with Crippen LogP contribution in [0.1, 0.15) is 54.0 Å². The number of benzene rings is 1. The average Bonchev–Trinajstić information content (AvgIpc) is 2.61. The highest BCUT2D eigenvalue weighted by Crippen LogP contribution is 2.48. The number of fused-ring (bicyclic) bond motifs is 2. The maximum Gasteiger partial charge on any atom is 0.296 e. The van der Waals surface area contributed by atoms with E-state index in [1.807, 2.05) is 30.3 Å². The van der Waals surface area contributed by atoms with Crippen molar-refractivity contribution >= 4 is 5.91 Å². The van der Waals surface area contributed by atoms with E-state index in [-0.39, 0.29) is 11.1 Å². The molecule has 1 aliphatic heterocycles. The molecule has 1 aliphatic carbocycles. The van der Waals surface area contributed by atoms with Crippen molar-refractivity contribution in [3.63, 3.8) is 0 Å². The zero-order chi connectivity index (χ0) is 17.4. The Balaban J connectivity index is 1.66. The molecule has 6 nitrogen and oxygen atoms in total. The lowest BCUT2D eigenvalue weighted by molar-refractivity contribution is 0.0938. The van der Waals surface area contributed by atoms with E-state index >= 15 is 0 Å². The van der Waals surface area contributed by atoms with Crippen LogP contribution in [-0.2, 0) is 18.5 Å². The molecule has 1 fully saturated rings. The number of amides is 1. The number of nitrogens with zero attached hydrogens (tertiary/aromatic N) is 2. The van der Waals surface area contributed by atoms with Crippen molar-refractivity contribution in [3.8, 4) is 5.75 Å². The highest BCUT2D eigenvalue weighted by atomic mass is 16.3. The van der Waals surface area contributed by atoms with Gasteiger partial charge in [0.25, 0.3) is 11.5 Å². The molecule has 0 bridgehead atoms. The van der Waals surface area contributed by atoms with E-state index < -0.39 is 17.2 Å². The fraction of sp³-hybridized carbons (Fsp3) is 0.421. The summed E-state index contributed by atoms with van der Waals surface area (Å²) in [6.45, 7) is 0.882. The summed E-state index contributed by atoms with van der Waals surface area (Å²) in [5, 5.41) is 13.0. The molecule has 0 atom stereocenters. The molecular weight excluding hydrogens is 318 g/mol. The van der Waals surface area contributed by atoms with Crippen LogP contribution in [0.2, 0.25) is 0 Å². The minimum Gasteiger partial charge on any atom is -0.501 e. The summed E-state index contributed by atoms with van der Waals surface area (Å²) < 4.78 is 1.56. The van der Waals surface area contributed by atoms with Gasteiger partial charge in [-0.05, 0) is 31.2 Å². The van der Waals surface area contributed by atoms with Crippen molar-refractivity contribution < 1.29 is 9.90 Å². The molecule has 2 aliphatic rings. The lowest BCUT2D eigenvalue weighted by atomic mass is 9.64. The second kappa shape index (κ2) is 6.02. The molecule has 1 amide bonds. The van der Waals surface area contributed by atoms with Crippen molar-refractivity contribution in [3.05, 3.63) is 57.8 Å². The van der Waals surface area contributed by atoms with E-state index in [1.165, 1.54) is 0 Å². The molecule has 2 heterocycles. The number of aromatic hydroxyl groups is 1. The molecule has 1 saturated carbocycles. The van der Waals surface area contributed by atoms with E-state index in [0.717, 1.165) is 37.7 Å². The minimum absolute atomic E-state index is 0.0838. The second-order valence-electron chi connectivity index (χ2n) is 7.00. The van der Waals surface area contributed by atoms with Crippen LogP contribution in [0.25, 0.3) is 0 Å². The predicted octanol–water partition coefficient (Wildman–Crippen LogP) is 2.09. The highest BCUT2D eigenvalue weighted by molar-refractivity contribution is 5.94. The Bertz CT molecular complexity index is 869. The number of aromatic nitrogens is 2. The second-order valence-corrected chi connectivity index (χ2v) is 7.00. The molecule has 2 aromatic rings. The van der Waals surface area contributed by atoms with Crippen LogP contribution < -0.4 is 10.9 Å². The summed E-state index contributed by atoms with van der Waals surface area (Å²) in [6.07, 6.45) is 5.01. The van der Waals surface area contributed by atoms with Crippen LogP contribution in [-0.4, -0.2) is 20.6 Å². The van der Waals surface area contributed by atoms with E-state index in [4.69, 9.17) is 0 Å². The van der Waals surface area contributed by atoms with Gasteiger partial charge in [0.1, 0.15) is 5.82 Å². The van der Waals surface area contributed by atoms with Crippen LogP contribution in [0.4, 0.5) is 0 Å². The van der Waals surface area contributed by atoms with Gasteiger partial charge in [-0.25, -0.2) is 4.98 Å². The fourth-order valence-corrected chi connectivity index (χ4v) is 3.94. The summed E-state index contributed by atoms with van der Waals surface area (Å²) in [5.74, 6) is -0.384. The number of nitrogens with one attached hydrogen (secondary N) is 1. The molecule has 6 heteroatoms. The number of rotatable bonds is 3. The monoisotopic (exact) mass is 339 g/mol. The molecule has 0 radical (unpaired) electrons. The van der Waals surface area contributed by atoms with Gasteiger partial charge in [0.2, 0.25) is 5.75 Å². The Morgan fingerprint density at radius 2 is 1.92 bits per heavy atom. The minimum atomic E-state index is -0.550. The summed E-state index contributed by atoms with van der Waals surface area (Å²) in [7, 11) is 0. The smallest absolute Gasteiger partial charge is 0.296 e. The van der Waals surface area contributed by atoms with Gasteiger partial charge in [-0.2, -0.15) is 0 Å². The lowest BCUT2D eigenvalue weighted by Gasteiger charge is -2.45. The van der Waals surface area contributed by atoms with Gasteiger partial charge in [-0.15, -0.1) is 0 Å². The molecular formula is C19H21N3O3. The molecule has 0 saturated heterocycles. The number of carbonyl (C=O) groups excluding carboxylic acids is 1. The van der Waals surface area contributed by atoms with E-state index in [1.54, 1.807) is 4.57 Å². The van der Waals surface area contributed by atoms with Gasteiger partial charge in [0.15, 0.2) is 5.69 Å². The van der Waals surface area contributed by atoms with Crippen molar-refractivity contribution in [1.82, 2.24) is 14.9 Å². The summed E-state index contributed by atoms with van der Waals surface area (Å²) >= 11 is 0. The van der Waals surface area contributed by atoms with Crippen molar-refractivity contribution in [1.29, 1.82) is 0 Å². The summed E-state index contributed by atoms with van der Waals surface area (Å²) in [6, 6.07) is 9.49. The number of hydrogen-bond donors (Lipinski definition) is 2. The first-order valence-corrected chi connectivity index (χ1v) is 8.77. The predicted molar refractivity (Wildman–Crippen MR) is 92.5 cm³/mol. The Kier molecular flexibility index (Phi) is 3.82. The third kappa shape index (κ3) is 2.62. The van der Waals surface area contributed by atoms with Crippen molar-refractivity contribution in [2.24, 2.45) is 0 Å². The first-order valence-electron chi connectivity index (χ1n) is 8.77. The molecule has 25 heavy (non-hydrogen) atoms. The normalized spacial score (nSPS) is 17.6. The van der Waals surface area contributed by atoms with Gasteiger partial charge >= 0.3 is 0 Å². The third-order valence-corrected chi connectivity index (χ3v) is 5.48. The van der Waals surface area contributed by atoms with Gasteiger partial charge in [-0.1, -0.05) is 36.8 Å². The first kappa shape index (κ1) is 15.9. The van der Waals surface area contributed by atoms with Crippen LogP contribution in [0, 0.1) is 0 Å². The Morgan fingerprint density at radius 1 is 1.20 bits per heavy atom. The standard InChI is InChI=1S/C19H21N3O3/c23-15-14(16(24)20-12-13-6-2-1-3-7-13)21-18-19(8-4-9-19)10-5-11-22(18)17(15)25/h1-3,6-7,23H,4-5,8-12H2,(H,20,24). The highest BCUT2D eigenvalue weighted by Gasteiger charge is 2.44. The van der Waals surface area contributed by atoms with Crippen LogP contribution in [0.15, 0.2) is 35.1 Å². The summed E-state index contributed by atoms with van der Waals surface area (Å²) in [5.41, 5.74) is 0.209. The Hall–Kier alpha value is -2.63. The summed E-state index contributed by atoms with van der Waals surface area (Å²) in [4.78, 5) is 29.5. The maximum absolute atomic E-state index is 12.5. The third-order valence-electron chi connectivity index (χ3n) is 5.48. The average molecular weight is 339 g/mol. The van der Waals surface area contributed by atoms with E-state index in [9.17, 15) is 14.7 Å². The Labute approximate surface area is 145 Å². The first-order chi connectivity index (χ1) is 12.1. The molecule has 130 valence electrons. The molecule has 4 rings (SSSR count). The van der Waals surface area contributed by atoms with Gasteiger partial charge in [0.05, 0.1) is 0 Å². The Morgan fingerprint density at radius 3 is 2.60 bits per heavy atom. The van der Waals surface area contributed by atoms with Gasteiger partial charge < -0.3 is 10.4 Å². The zero-order valence-corrected chi connectivity index (χ0v) is 14.0. The topological polar surface area (TPSA) is 84.2 Å². The van der Waals surface area contributed by atoms with Crippen LogP contribution in [0.5, 0.6) is 5.75 Å². The lowest BCUT2D eigenvalue weighted by Crippen LogP contribution is -2.45. The number of hydrogen-bond acceptors (Lipinski definition) is 4. The van der Waals surface area contributed by atoms with Gasteiger partial charge in [0, 0.05) is 18.5 Å². The fourth-order valence-electron chi connectivity index (χ4n) is 3.94. The van der Waals surface area contributed by atoms with E-state index in [0.29, 0.717) is 18.9 Å². The number of carbonyl (C=O) groups is 1. The van der Waals surface area contributed by atoms with Crippen LogP contribution in [0.3, 0.4) is 0 Å². The SMILES string of the molecule is O=C(NCc1ccccc1)c1nc2n(c(=O)c1O)CCCC21CCC1. The largest absolute Gasteiger partial charge is 0.501 e. The van der Waals surface area contributed by atoms with Crippen molar-refractivity contribution in [2.75, 3.05) is 0 Å². The van der Waals surface area contributed by atoms with E-state index in [2.05, 4.69) is 10.3 Å². The van der Waals surface area contributed by atoms with Crippen molar-refractivity contribution in [2.45, 2.75) is 50.6 Å². The molecule has 1 spiro atoms. The maximum atomic E-state index is 12.5. The van der Waals surface area contributed by atoms with Crippen LogP contribution >= 0.6 is 0 Å². The quantitative estimate of drug-likeness (QED) is 0.897.